The molecule has 27 heavy (non-hydrogen) atoms. The number of carbonyl (C=O) groups excluding carboxylic acids is 2. The highest BCUT2D eigenvalue weighted by Gasteiger charge is 2.25. The SMILES string of the molecule is CC(=O)OCC(=CCCC(C)=CCO)C1CC=C(CCC=C(C)C)C(=O)O1. The van der Waals surface area contributed by atoms with Crippen molar-refractivity contribution < 1.29 is 24.2 Å². The standard InChI is InChI=1S/C22H32O5/c1-16(2)7-5-9-19-11-12-21(27-22(19)25)20(15-26-18(4)24)10-6-8-17(3)13-14-23/h7,10-11,13,21,23H,5-6,8-9,12,14-15H2,1-4H3. The first-order chi connectivity index (χ1) is 12.8. The summed E-state index contributed by atoms with van der Waals surface area (Å²) >= 11 is 0. The lowest BCUT2D eigenvalue weighted by atomic mass is 9.98. The number of hydrogen-bond acceptors (Lipinski definition) is 5. The minimum absolute atomic E-state index is 0.0242. The van der Waals surface area contributed by atoms with Crippen molar-refractivity contribution in [2.45, 2.75) is 65.9 Å². The zero-order valence-corrected chi connectivity index (χ0v) is 16.9. The van der Waals surface area contributed by atoms with Gasteiger partial charge in [0.25, 0.3) is 0 Å². The number of carbonyl (C=O) groups is 2. The Morgan fingerprint density at radius 2 is 1.96 bits per heavy atom. The highest BCUT2D eigenvalue weighted by atomic mass is 16.6. The molecule has 150 valence electrons. The molecule has 1 atom stereocenters. The molecule has 5 heteroatoms. The summed E-state index contributed by atoms with van der Waals surface area (Å²) in [5, 5.41) is 8.92. The zero-order valence-electron chi connectivity index (χ0n) is 16.9. The van der Waals surface area contributed by atoms with E-state index in [1.54, 1.807) is 6.08 Å². The number of aliphatic hydroxyl groups excluding tert-OH is 1. The molecule has 0 aromatic heterocycles. The normalized spacial score (nSPS) is 17.9. The summed E-state index contributed by atoms with van der Waals surface area (Å²) in [5.41, 5.74) is 3.82. The summed E-state index contributed by atoms with van der Waals surface area (Å²) in [7, 11) is 0. The van der Waals surface area contributed by atoms with Gasteiger partial charge in [0.1, 0.15) is 12.7 Å². The number of aliphatic hydroxyl groups is 1. The topological polar surface area (TPSA) is 72.8 Å². The quantitative estimate of drug-likeness (QED) is 0.457. The molecule has 1 aliphatic heterocycles. The molecule has 0 fully saturated rings. The molecule has 1 heterocycles. The lowest BCUT2D eigenvalue weighted by Crippen LogP contribution is -2.27. The van der Waals surface area contributed by atoms with Crippen molar-refractivity contribution in [1.82, 2.24) is 0 Å². The molecule has 1 rings (SSSR count). The number of allylic oxidation sites excluding steroid dienone is 4. The van der Waals surface area contributed by atoms with Crippen molar-refractivity contribution in [3.05, 3.63) is 46.6 Å². The largest absolute Gasteiger partial charge is 0.461 e. The Balaban J connectivity index is 2.76. The first-order valence-corrected chi connectivity index (χ1v) is 9.45. The van der Waals surface area contributed by atoms with Crippen molar-refractivity contribution in [3.8, 4) is 0 Å². The number of esters is 2. The van der Waals surface area contributed by atoms with Gasteiger partial charge in [0.2, 0.25) is 0 Å². The monoisotopic (exact) mass is 376 g/mol. The molecular weight excluding hydrogens is 344 g/mol. The Labute approximate surface area is 162 Å². The summed E-state index contributed by atoms with van der Waals surface area (Å²) in [4.78, 5) is 23.5. The molecule has 1 aliphatic rings. The van der Waals surface area contributed by atoms with E-state index in [1.807, 2.05) is 32.9 Å². The van der Waals surface area contributed by atoms with E-state index in [-0.39, 0.29) is 25.2 Å². The van der Waals surface area contributed by atoms with E-state index in [9.17, 15) is 9.59 Å². The van der Waals surface area contributed by atoms with Gasteiger partial charge in [-0.2, -0.15) is 0 Å². The maximum Gasteiger partial charge on any atom is 0.334 e. The second kappa shape index (κ2) is 12.3. The van der Waals surface area contributed by atoms with Crippen LogP contribution in [0.2, 0.25) is 0 Å². The van der Waals surface area contributed by atoms with E-state index in [2.05, 4.69) is 6.08 Å². The van der Waals surface area contributed by atoms with Crippen LogP contribution in [0, 0.1) is 0 Å². The number of rotatable bonds is 10. The first-order valence-electron chi connectivity index (χ1n) is 9.45. The van der Waals surface area contributed by atoms with E-state index in [1.165, 1.54) is 12.5 Å². The van der Waals surface area contributed by atoms with E-state index >= 15 is 0 Å². The Morgan fingerprint density at radius 1 is 1.22 bits per heavy atom. The van der Waals surface area contributed by atoms with Crippen molar-refractivity contribution in [2.24, 2.45) is 0 Å². The van der Waals surface area contributed by atoms with Crippen molar-refractivity contribution >= 4 is 11.9 Å². The smallest absolute Gasteiger partial charge is 0.334 e. The van der Waals surface area contributed by atoms with Gasteiger partial charge in [0.15, 0.2) is 0 Å². The fourth-order valence-corrected chi connectivity index (χ4v) is 2.74. The summed E-state index contributed by atoms with van der Waals surface area (Å²) in [6, 6.07) is 0. The molecule has 1 N–H and O–H groups in total. The molecule has 0 saturated carbocycles. The van der Waals surface area contributed by atoms with Gasteiger partial charge in [-0.3, -0.25) is 4.79 Å². The zero-order chi connectivity index (χ0) is 20.2. The van der Waals surface area contributed by atoms with Crippen LogP contribution >= 0.6 is 0 Å². The van der Waals surface area contributed by atoms with Crippen LogP contribution in [0.4, 0.5) is 0 Å². The predicted octanol–water partition coefficient (Wildman–Crippen LogP) is 4.18. The minimum Gasteiger partial charge on any atom is -0.461 e. The van der Waals surface area contributed by atoms with Gasteiger partial charge in [0.05, 0.1) is 6.61 Å². The van der Waals surface area contributed by atoms with Crippen LogP contribution in [0.15, 0.2) is 46.6 Å². The van der Waals surface area contributed by atoms with Crippen LogP contribution < -0.4 is 0 Å². The summed E-state index contributed by atoms with van der Waals surface area (Å²) < 4.78 is 10.7. The van der Waals surface area contributed by atoms with Crippen LogP contribution in [-0.4, -0.2) is 36.4 Å². The average molecular weight is 376 g/mol. The van der Waals surface area contributed by atoms with Gasteiger partial charge in [-0.25, -0.2) is 4.79 Å². The predicted molar refractivity (Wildman–Crippen MR) is 106 cm³/mol. The van der Waals surface area contributed by atoms with E-state index in [0.29, 0.717) is 18.4 Å². The molecule has 0 spiro atoms. The minimum atomic E-state index is -0.397. The number of cyclic esters (lactones) is 1. The van der Waals surface area contributed by atoms with Crippen LogP contribution in [0.5, 0.6) is 0 Å². The van der Waals surface area contributed by atoms with Gasteiger partial charge >= 0.3 is 11.9 Å². The molecule has 0 saturated heterocycles. The van der Waals surface area contributed by atoms with Crippen molar-refractivity contribution in [2.75, 3.05) is 13.2 Å². The Hall–Kier alpha value is -2.14. The number of hydrogen-bond donors (Lipinski definition) is 1. The summed E-state index contributed by atoms with van der Waals surface area (Å²) in [6.07, 6.45) is 11.0. The van der Waals surface area contributed by atoms with E-state index in [0.717, 1.165) is 30.4 Å². The van der Waals surface area contributed by atoms with Crippen LogP contribution in [0.25, 0.3) is 0 Å². The second-order valence-corrected chi connectivity index (χ2v) is 7.01. The Bertz CT molecular complexity index is 633. The summed E-state index contributed by atoms with van der Waals surface area (Å²) in [5.74, 6) is -0.657. The Morgan fingerprint density at radius 3 is 2.56 bits per heavy atom. The first kappa shape index (κ1) is 22.9. The average Bonchev–Trinajstić information content (AvgIpc) is 2.59. The highest BCUT2D eigenvalue weighted by molar-refractivity contribution is 5.89. The third kappa shape index (κ3) is 9.38. The van der Waals surface area contributed by atoms with Crippen LogP contribution in [0.1, 0.15) is 59.8 Å². The third-order valence-electron chi connectivity index (χ3n) is 4.30. The molecular formula is C22H32O5. The fourth-order valence-electron chi connectivity index (χ4n) is 2.74. The van der Waals surface area contributed by atoms with Crippen LogP contribution in [0.3, 0.4) is 0 Å². The van der Waals surface area contributed by atoms with Crippen molar-refractivity contribution in [1.29, 1.82) is 0 Å². The number of ether oxygens (including phenoxy) is 2. The van der Waals surface area contributed by atoms with Crippen LogP contribution in [-0.2, 0) is 19.1 Å². The van der Waals surface area contributed by atoms with E-state index in [4.69, 9.17) is 14.6 Å². The van der Waals surface area contributed by atoms with Gasteiger partial charge < -0.3 is 14.6 Å². The molecule has 0 aromatic carbocycles. The van der Waals surface area contributed by atoms with E-state index < -0.39 is 6.10 Å². The van der Waals surface area contributed by atoms with Gasteiger partial charge in [-0.15, -0.1) is 0 Å². The molecule has 1 unspecified atom stereocenters. The molecule has 0 aromatic rings. The third-order valence-corrected chi connectivity index (χ3v) is 4.30. The molecule has 0 aliphatic carbocycles. The lowest BCUT2D eigenvalue weighted by Gasteiger charge is -2.24. The summed E-state index contributed by atoms with van der Waals surface area (Å²) in [6.45, 7) is 7.53. The van der Waals surface area contributed by atoms with Gasteiger partial charge in [-0.05, 0) is 46.5 Å². The van der Waals surface area contributed by atoms with Gasteiger partial charge in [0, 0.05) is 24.5 Å². The maximum absolute atomic E-state index is 12.3. The molecule has 0 amide bonds. The highest BCUT2D eigenvalue weighted by Crippen LogP contribution is 2.24. The van der Waals surface area contributed by atoms with Crippen molar-refractivity contribution in [3.63, 3.8) is 0 Å². The maximum atomic E-state index is 12.3. The molecule has 0 bridgehead atoms. The fraction of sp³-hybridized carbons (Fsp3) is 0.545. The van der Waals surface area contributed by atoms with Gasteiger partial charge in [-0.1, -0.05) is 35.5 Å². The lowest BCUT2D eigenvalue weighted by molar-refractivity contribution is -0.144. The molecule has 5 nitrogen and oxygen atoms in total. The Kier molecular flexibility index (Phi) is 10.4. The second-order valence-electron chi connectivity index (χ2n) is 7.01. The molecule has 0 radical (unpaired) electrons.